The number of ketones is 1. The Morgan fingerprint density at radius 1 is 0.744 bits per heavy atom. The molecule has 4 aromatic carbocycles. The van der Waals surface area contributed by atoms with Gasteiger partial charge in [0.05, 0.1) is 18.2 Å². The van der Waals surface area contributed by atoms with Gasteiger partial charge in [0.25, 0.3) is 11.7 Å². The number of hydrogen-bond donors (Lipinski definition) is 1. The molecule has 0 aliphatic carbocycles. The van der Waals surface area contributed by atoms with Crippen LogP contribution in [0.25, 0.3) is 5.76 Å². The van der Waals surface area contributed by atoms with E-state index in [-0.39, 0.29) is 17.9 Å². The fourth-order valence-corrected chi connectivity index (χ4v) is 4.69. The molecule has 1 N–H and O–H groups in total. The molecule has 196 valence electrons. The lowest BCUT2D eigenvalue weighted by molar-refractivity contribution is -0.140. The lowest BCUT2D eigenvalue weighted by Gasteiger charge is -2.25. The van der Waals surface area contributed by atoms with E-state index in [1.165, 1.54) is 4.90 Å². The second-order valence-corrected chi connectivity index (χ2v) is 9.21. The highest BCUT2D eigenvalue weighted by Crippen LogP contribution is 2.41. The topological polar surface area (TPSA) is 76.1 Å². The summed E-state index contributed by atoms with van der Waals surface area (Å²) in [6, 6.07) is 32.7. The van der Waals surface area contributed by atoms with Crippen LogP contribution in [0.15, 0.2) is 115 Å². The number of rotatable bonds is 9. The van der Waals surface area contributed by atoms with Gasteiger partial charge in [0.1, 0.15) is 23.9 Å². The number of nitrogens with zero attached hydrogens (tertiary/aromatic N) is 1. The zero-order valence-corrected chi connectivity index (χ0v) is 21.6. The minimum atomic E-state index is -0.764. The van der Waals surface area contributed by atoms with E-state index in [0.29, 0.717) is 35.8 Å². The highest BCUT2D eigenvalue weighted by atomic mass is 16.5. The largest absolute Gasteiger partial charge is 0.507 e. The third-order valence-corrected chi connectivity index (χ3v) is 6.62. The van der Waals surface area contributed by atoms with Gasteiger partial charge >= 0.3 is 0 Å². The molecule has 0 aromatic heterocycles. The van der Waals surface area contributed by atoms with E-state index in [1.54, 1.807) is 24.3 Å². The number of likely N-dealkylation sites (tertiary alicyclic amines) is 1. The van der Waals surface area contributed by atoms with E-state index in [9.17, 15) is 14.7 Å². The predicted molar refractivity (Wildman–Crippen MR) is 149 cm³/mol. The maximum atomic E-state index is 13.3. The number of carbonyl (C=O) groups excluding carboxylic acids is 2. The number of Topliss-reactive ketones (excluding diaryl/α,β-unsaturated/α-hetero) is 1. The average molecular weight is 520 g/mol. The van der Waals surface area contributed by atoms with Gasteiger partial charge in [-0.1, -0.05) is 72.8 Å². The molecule has 1 aliphatic heterocycles. The first-order chi connectivity index (χ1) is 19.0. The van der Waals surface area contributed by atoms with Gasteiger partial charge in [0.2, 0.25) is 0 Å². The summed E-state index contributed by atoms with van der Waals surface area (Å²) in [6.07, 6.45) is 0. The molecule has 0 saturated carbocycles. The van der Waals surface area contributed by atoms with Gasteiger partial charge in [-0.15, -0.1) is 0 Å². The molecule has 1 atom stereocenters. The highest BCUT2D eigenvalue weighted by molar-refractivity contribution is 6.46. The molecule has 1 saturated heterocycles. The second kappa shape index (κ2) is 11.7. The molecular formula is C33H29NO5. The maximum absolute atomic E-state index is 13.3. The van der Waals surface area contributed by atoms with E-state index in [0.717, 1.165) is 11.1 Å². The summed E-state index contributed by atoms with van der Waals surface area (Å²) in [5, 5.41) is 11.3. The zero-order valence-electron chi connectivity index (χ0n) is 21.6. The highest BCUT2D eigenvalue weighted by Gasteiger charge is 2.46. The fourth-order valence-electron chi connectivity index (χ4n) is 4.69. The Hall–Kier alpha value is -4.84. The van der Waals surface area contributed by atoms with Crippen molar-refractivity contribution in [1.29, 1.82) is 0 Å². The third kappa shape index (κ3) is 5.70. The number of carbonyl (C=O) groups is 2. The molecule has 1 fully saturated rings. The first-order valence-corrected chi connectivity index (χ1v) is 12.9. The van der Waals surface area contributed by atoms with E-state index in [2.05, 4.69) is 0 Å². The molecular weight excluding hydrogens is 490 g/mol. The Kier molecular flexibility index (Phi) is 7.73. The molecule has 1 amide bonds. The maximum Gasteiger partial charge on any atom is 0.295 e. The summed E-state index contributed by atoms with van der Waals surface area (Å²) in [4.78, 5) is 28.1. The molecule has 0 radical (unpaired) electrons. The third-order valence-electron chi connectivity index (χ3n) is 6.62. The Morgan fingerprint density at radius 3 is 1.92 bits per heavy atom. The molecule has 5 rings (SSSR count). The predicted octanol–water partition coefficient (Wildman–Crippen LogP) is 6.29. The van der Waals surface area contributed by atoms with Crippen molar-refractivity contribution in [2.45, 2.75) is 26.1 Å². The van der Waals surface area contributed by atoms with E-state index in [1.807, 2.05) is 91.9 Å². The number of amides is 1. The van der Waals surface area contributed by atoms with Gasteiger partial charge in [-0.2, -0.15) is 0 Å². The summed E-state index contributed by atoms with van der Waals surface area (Å²) in [5.74, 6) is -0.274. The van der Waals surface area contributed by atoms with Crippen LogP contribution in [0, 0.1) is 0 Å². The number of aliphatic hydroxyl groups excluding tert-OH is 1. The molecule has 1 aliphatic rings. The number of hydrogen-bond acceptors (Lipinski definition) is 5. The average Bonchev–Trinajstić information content (AvgIpc) is 3.22. The Bertz CT molecular complexity index is 1460. The van der Waals surface area contributed by atoms with Gasteiger partial charge in [-0.25, -0.2) is 0 Å². The van der Waals surface area contributed by atoms with Crippen LogP contribution in [0.4, 0.5) is 0 Å². The molecule has 0 spiro atoms. The van der Waals surface area contributed by atoms with Crippen molar-refractivity contribution in [3.8, 4) is 11.5 Å². The van der Waals surface area contributed by atoms with Crippen molar-refractivity contribution in [3.63, 3.8) is 0 Å². The first-order valence-electron chi connectivity index (χ1n) is 12.9. The van der Waals surface area contributed by atoms with Crippen molar-refractivity contribution in [2.75, 3.05) is 6.61 Å². The van der Waals surface area contributed by atoms with Crippen LogP contribution < -0.4 is 9.47 Å². The van der Waals surface area contributed by atoms with Crippen molar-refractivity contribution in [3.05, 3.63) is 137 Å². The number of aliphatic hydroxyl groups is 1. The van der Waals surface area contributed by atoms with Gasteiger partial charge in [-0.05, 0) is 60.0 Å². The minimum Gasteiger partial charge on any atom is -0.507 e. The standard InChI is InChI=1S/C33H29NO5/c1-2-38-27-19-15-26(16-20-27)31(35)29-30(34(33(37)32(29)36)21-23-9-5-3-6-10-23)25-13-17-28(18-14-25)39-22-24-11-7-4-8-12-24/h3-20,30,35H,2,21-22H2,1H3/b31-29+. The number of benzene rings is 4. The summed E-state index contributed by atoms with van der Waals surface area (Å²) in [5.41, 5.74) is 3.12. The van der Waals surface area contributed by atoms with Crippen molar-refractivity contribution in [2.24, 2.45) is 0 Å². The normalized spacial score (nSPS) is 16.3. The zero-order chi connectivity index (χ0) is 27.2. The molecule has 1 unspecified atom stereocenters. The quantitative estimate of drug-likeness (QED) is 0.160. The van der Waals surface area contributed by atoms with E-state index < -0.39 is 17.7 Å². The SMILES string of the molecule is CCOc1ccc(/C(O)=C2\C(=O)C(=O)N(Cc3ccccc3)C2c2ccc(OCc3ccccc3)cc2)cc1. The Balaban J connectivity index is 1.50. The van der Waals surface area contributed by atoms with Gasteiger partial charge in [0.15, 0.2) is 0 Å². The molecule has 4 aromatic rings. The van der Waals surface area contributed by atoms with Crippen LogP contribution in [0.2, 0.25) is 0 Å². The van der Waals surface area contributed by atoms with Crippen LogP contribution in [-0.2, 0) is 22.7 Å². The molecule has 1 heterocycles. The summed E-state index contributed by atoms with van der Waals surface area (Å²) >= 11 is 0. The Labute approximate surface area is 227 Å². The molecule has 6 heteroatoms. The van der Waals surface area contributed by atoms with Crippen LogP contribution >= 0.6 is 0 Å². The van der Waals surface area contributed by atoms with Crippen LogP contribution in [-0.4, -0.2) is 28.3 Å². The van der Waals surface area contributed by atoms with Crippen LogP contribution in [0.5, 0.6) is 11.5 Å². The first kappa shape index (κ1) is 25.8. The molecule has 0 bridgehead atoms. The summed E-state index contributed by atoms with van der Waals surface area (Å²) in [6.45, 7) is 3.05. The smallest absolute Gasteiger partial charge is 0.295 e. The van der Waals surface area contributed by atoms with Crippen molar-refractivity contribution >= 4 is 17.4 Å². The number of ether oxygens (including phenoxy) is 2. The van der Waals surface area contributed by atoms with Crippen LogP contribution in [0.3, 0.4) is 0 Å². The van der Waals surface area contributed by atoms with Crippen molar-refractivity contribution in [1.82, 2.24) is 4.90 Å². The van der Waals surface area contributed by atoms with Crippen molar-refractivity contribution < 1.29 is 24.2 Å². The van der Waals surface area contributed by atoms with Gasteiger partial charge in [-0.3, -0.25) is 9.59 Å². The fraction of sp³-hybridized carbons (Fsp3) is 0.152. The van der Waals surface area contributed by atoms with E-state index >= 15 is 0 Å². The summed E-state index contributed by atoms with van der Waals surface area (Å²) < 4.78 is 11.4. The van der Waals surface area contributed by atoms with E-state index in [4.69, 9.17) is 9.47 Å². The van der Waals surface area contributed by atoms with Crippen LogP contribution in [0.1, 0.15) is 35.2 Å². The lowest BCUT2D eigenvalue weighted by atomic mass is 9.95. The molecule has 6 nitrogen and oxygen atoms in total. The second-order valence-electron chi connectivity index (χ2n) is 9.21. The minimum absolute atomic E-state index is 0.0537. The monoisotopic (exact) mass is 519 g/mol. The lowest BCUT2D eigenvalue weighted by Crippen LogP contribution is -2.29. The molecule has 39 heavy (non-hydrogen) atoms. The van der Waals surface area contributed by atoms with Gasteiger partial charge < -0.3 is 19.5 Å². The van der Waals surface area contributed by atoms with Gasteiger partial charge in [0, 0.05) is 12.1 Å². The Morgan fingerprint density at radius 2 is 1.31 bits per heavy atom. The summed E-state index contributed by atoms with van der Waals surface area (Å²) in [7, 11) is 0.